The Morgan fingerprint density at radius 1 is 1.06 bits per heavy atom. The molecule has 184 valence electrons. The first-order chi connectivity index (χ1) is 16.9. The van der Waals surface area contributed by atoms with E-state index in [0.29, 0.717) is 34.0 Å². The number of urea groups is 1. The van der Waals surface area contributed by atoms with Gasteiger partial charge in [-0.2, -0.15) is 0 Å². The number of hydrogen-bond donors (Lipinski definition) is 2. The maximum Gasteiger partial charge on any atom is 0.338 e. The molecule has 9 heteroatoms. The first-order valence-corrected chi connectivity index (χ1v) is 12.1. The molecular formula is C26H29ClN4O4. The molecule has 4 rings (SSSR count). The van der Waals surface area contributed by atoms with E-state index in [9.17, 15) is 14.4 Å². The molecule has 0 bridgehead atoms. The average Bonchev–Trinajstić information content (AvgIpc) is 2.84. The van der Waals surface area contributed by atoms with Crippen molar-refractivity contribution in [1.29, 1.82) is 0 Å². The summed E-state index contributed by atoms with van der Waals surface area (Å²) in [5, 5.41) is 6.12. The normalized spacial score (nSPS) is 18.7. The molecule has 2 aromatic carbocycles. The zero-order chi connectivity index (χ0) is 24.9. The standard InChI is InChI=1S/C26H29ClN4O4/c1-3-35-25(33)23-22(28-26(34)29-24(23)20-6-4-5-7-21(20)27)16-30-12-14-31(15-13-30)19-10-8-18(9-11-19)17(2)32/h4-11,24H,3,12-16H2,1-2H3,(H2,28,29,34)/t24-/m1/s1. The number of esters is 1. The number of benzene rings is 2. The Kier molecular flexibility index (Phi) is 7.73. The number of hydrogen-bond acceptors (Lipinski definition) is 6. The fourth-order valence-corrected chi connectivity index (χ4v) is 4.67. The Morgan fingerprint density at radius 2 is 1.74 bits per heavy atom. The van der Waals surface area contributed by atoms with Gasteiger partial charge in [0.1, 0.15) is 0 Å². The maximum absolute atomic E-state index is 13.0. The van der Waals surface area contributed by atoms with Crippen LogP contribution in [-0.4, -0.2) is 62.0 Å². The largest absolute Gasteiger partial charge is 0.463 e. The summed E-state index contributed by atoms with van der Waals surface area (Å²) in [6.07, 6.45) is 0. The van der Waals surface area contributed by atoms with E-state index in [1.54, 1.807) is 32.0 Å². The molecule has 2 amide bonds. The molecule has 2 aromatic rings. The Balaban J connectivity index is 1.53. The summed E-state index contributed by atoms with van der Waals surface area (Å²) >= 11 is 6.41. The minimum absolute atomic E-state index is 0.0474. The summed E-state index contributed by atoms with van der Waals surface area (Å²) in [5.74, 6) is -0.435. The molecule has 2 heterocycles. The molecule has 2 aliphatic rings. The lowest BCUT2D eigenvalue weighted by Gasteiger charge is -2.38. The van der Waals surface area contributed by atoms with Crippen LogP contribution in [0.25, 0.3) is 0 Å². The number of ether oxygens (including phenoxy) is 1. The van der Waals surface area contributed by atoms with Crippen LogP contribution in [0, 0.1) is 0 Å². The third-order valence-electron chi connectivity index (χ3n) is 6.26. The average molecular weight is 497 g/mol. The number of anilines is 1. The van der Waals surface area contributed by atoms with Crippen molar-refractivity contribution in [3.63, 3.8) is 0 Å². The van der Waals surface area contributed by atoms with Gasteiger partial charge >= 0.3 is 12.0 Å². The minimum atomic E-state index is -0.701. The van der Waals surface area contributed by atoms with Crippen LogP contribution in [0.4, 0.5) is 10.5 Å². The molecule has 8 nitrogen and oxygen atoms in total. The van der Waals surface area contributed by atoms with E-state index in [-0.39, 0.29) is 18.4 Å². The summed E-state index contributed by atoms with van der Waals surface area (Å²) in [6, 6.07) is 13.7. The Morgan fingerprint density at radius 3 is 2.37 bits per heavy atom. The Labute approximate surface area is 209 Å². The zero-order valence-corrected chi connectivity index (χ0v) is 20.6. The highest BCUT2D eigenvalue weighted by Gasteiger charge is 2.35. The number of halogens is 1. The van der Waals surface area contributed by atoms with Gasteiger partial charge in [-0.15, -0.1) is 0 Å². The number of piperazine rings is 1. The van der Waals surface area contributed by atoms with Crippen molar-refractivity contribution in [2.75, 3.05) is 44.2 Å². The SMILES string of the molecule is CCOC(=O)C1=C(CN2CCN(c3ccc(C(C)=O)cc3)CC2)NC(=O)N[C@@H]1c1ccccc1Cl. The molecule has 1 saturated heterocycles. The Hall–Kier alpha value is -3.36. The number of nitrogens with zero attached hydrogens (tertiary/aromatic N) is 2. The predicted molar refractivity (Wildman–Crippen MR) is 135 cm³/mol. The molecule has 35 heavy (non-hydrogen) atoms. The number of nitrogens with one attached hydrogen (secondary N) is 2. The highest BCUT2D eigenvalue weighted by molar-refractivity contribution is 6.31. The van der Waals surface area contributed by atoms with Crippen molar-refractivity contribution in [2.24, 2.45) is 0 Å². The van der Waals surface area contributed by atoms with Crippen molar-refractivity contribution in [3.05, 3.63) is 76.0 Å². The third kappa shape index (κ3) is 5.66. The Bertz CT molecular complexity index is 1140. The highest BCUT2D eigenvalue weighted by atomic mass is 35.5. The van der Waals surface area contributed by atoms with Crippen molar-refractivity contribution in [1.82, 2.24) is 15.5 Å². The van der Waals surface area contributed by atoms with E-state index in [1.807, 2.05) is 30.3 Å². The monoisotopic (exact) mass is 496 g/mol. The van der Waals surface area contributed by atoms with Crippen LogP contribution in [0.5, 0.6) is 0 Å². The van der Waals surface area contributed by atoms with Crippen LogP contribution in [0.3, 0.4) is 0 Å². The second-order valence-electron chi connectivity index (χ2n) is 8.53. The third-order valence-corrected chi connectivity index (χ3v) is 6.60. The number of ketones is 1. The van der Waals surface area contributed by atoms with Crippen LogP contribution in [0.15, 0.2) is 59.8 Å². The summed E-state index contributed by atoms with van der Waals surface area (Å²) in [5.41, 5.74) is 3.29. The van der Waals surface area contributed by atoms with Gasteiger partial charge in [0.25, 0.3) is 0 Å². The van der Waals surface area contributed by atoms with Gasteiger partial charge in [0.15, 0.2) is 5.78 Å². The van der Waals surface area contributed by atoms with Crippen molar-refractivity contribution in [2.45, 2.75) is 19.9 Å². The van der Waals surface area contributed by atoms with Gasteiger partial charge in [-0.05, 0) is 49.7 Å². The molecule has 0 spiro atoms. The van der Waals surface area contributed by atoms with Gasteiger partial charge in [0.05, 0.1) is 18.2 Å². The van der Waals surface area contributed by atoms with Crippen LogP contribution in [0.2, 0.25) is 5.02 Å². The van der Waals surface area contributed by atoms with Gasteiger partial charge < -0.3 is 20.3 Å². The summed E-state index contributed by atoms with van der Waals surface area (Å²) in [6.45, 7) is 6.98. The number of carbonyl (C=O) groups excluding carboxylic acids is 3. The molecule has 2 aliphatic heterocycles. The molecule has 1 fully saturated rings. The highest BCUT2D eigenvalue weighted by Crippen LogP contribution is 2.32. The van der Waals surface area contributed by atoms with E-state index in [0.717, 1.165) is 31.9 Å². The van der Waals surface area contributed by atoms with Gasteiger partial charge in [-0.3, -0.25) is 9.69 Å². The summed E-state index contributed by atoms with van der Waals surface area (Å²) < 4.78 is 5.35. The van der Waals surface area contributed by atoms with Gasteiger partial charge in [0, 0.05) is 54.7 Å². The first kappa shape index (κ1) is 24.8. The number of Topliss-reactive ketones (excluding diaryl/α,β-unsaturated/α-hetero) is 1. The molecule has 0 aliphatic carbocycles. The molecular weight excluding hydrogens is 468 g/mol. The van der Waals surface area contributed by atoms with Crippen LogP contribution >= 0.6 is 11.6 Å². The van der Waals surface area contributed by atoms with E-state index in [2.05, 4.69) is 20.4 Å². The fourth-order valence-electron chi connectivity index (χ4n) is 4.43. The van der Waals surface area contributed by atoms with Crippen molar-refractivity contribution < 1.29 is 19.1 Å². The lowest BCUT2D eigenvalue weighted by atomic mass is 9.94. The number of carbonyl (C=O) groups is 3. The second kappa shape index (κ2) is 10.9. The van der Waals surface area contributed by atoms with Crippen molar-refractivity contribution >= 4 is 35.1 Å². The molecule has 0 aromatic heterocycles. The molecule has 1 atom stereocenters. The fraction of sp³-hybridized carbons (Fsp3) is 0.346. The van der Waals surface area contributed by atoms with E-state index in [4.69, 9.17) is 16.3 Å². The quantitative estimate of drug-likeness (QED) is 0.450. The second-order valence-corrected chi connectivity index (χ2v) is 8.94. The van der Waals surface area contributed by atoms with Crippen LogP contribution < -0.4 is 15.5 Å². The zero-order valence-electron chi connectivity index (χ0n) is 19.8. The molecule has 0 saturated carbocycles. The van der Waals surface area contributed by atoms with Crippen LogP contribution in [0.1, 0.15) is 35.8 Å². The van der Waals surface area contributed by atoms with Crippen LogP contribution in [-0.2, 0) is 9.53 Å². The van der Waals surface area contributed by atoms with Gasteiger partial charge in [-0.25, -0.2) is 9.59 Å². The lowest BCUT2D eigenvalue weighted by molar-refractivity contribution is -0.139. The smallest absolute Gasteiger partial charge is 0.338 e. The predicted octanol–water partition coefficient (Wildman–Crippen LogP) is 3.54. The number of amides is 2. The van der Waals surface area contributed by atoms with Crippen molar-refractivity contribution in [3.8, 4) is 0 Å². The van der Waals surface area contributed by atoms with E-state index < -0.39 is 12.0 Å². The van der Waals surface area contributed by atoms with E-state index >= 15 is 0 Å². The molecule has 2 N–H and O–H groups in total. The molecule has 0 radical (unpaired) electrons. The van der Waals surface area contributed by atoms with Gasteiger partial charge in [-0.1, -0.05) is 29.8 Å². The summed E-state index contributed by atoms with van der Waals surface area (Å²) in [4.78, 5) is 41.5. The summed E-state index contributed by atoms with van der Waals surface area (Å²) in [7, 11) is 0. The lowest BCUT2D eigenvalue weighted by Crippen LogP contribution is -2.51. The topological polar surface area (TPSA) is 91.0 Å². The van der Waals surface area contributed by atoms with E-state index in [1.165, 1.54) is 0 Å². The first-order valence-electron chi connectivity index (χ1n) is 11.7. The van der Waals surface area contributed by atoms with Gasteiger partial charge in [0.2, 0.25) is 0 Å². The molecule has 0 unspecified atom stereocenters. The number of rotatable bonds is 7. The maximum atomic E-state index is 13.0. The minimum Gasteiger partial charge on any atom is -0.463 e.